The third kappa shape index (κ3) is 7.32. The van der Waals surface area contributed by atoms with Crippen LogP contribution in [0.3, 0.4) is 0 Å². The van der Waals surface area contributed by atoms with Gasteiger partial charge in [-0.25, -0.2) is 9.80 Å². The summed E-state index contributed by atoms with van der Waals surface area (Å²) < 4.78 is 0. The maximum Gasteiger partial charge on any atom is 0.329 e. The molecule has 36 heavy (non-hydrogen) atoms. The van der Waals surface area contributed by atoms with Crippen molar-refractivity contribution in [3.63, 3.8) is 0 Å². The van der Waals surface area contributed by atoms with Crippen LogP contribution in [0, 0.1) is 5.92 Å². The maximum atomic E-state index is 13.0. The number of hydrogen-bond acceptors (Lipinski definition) is 4. The third-order valence-corrected chi connectivity index (χ3v) is 6.89. The number of carbonyl (C=O) groups is 2. The molecule has 192 valence electrons. The lowest BCUT2D eigenvalue weighted by atomic mass is 9.91. The van der Waals surface area contributed by atoms with Gasteiger partial charge in [0.2, 0.25) is 5.91 Å². The predicted molar refractivity (Wildman–Crippen MR) is 143 cm³/mol. The zero-order chi connectivity index (χ0) is 25.2. The van der Waals surface area contributed by atoms with Crippen molar-refractivity contribution in [3.8, 4) is 0 Å². The number of nitrogens with zero attached hydrogens (tertiary/aromatic N) is 1. The molecule has 0 unspecified atom stereocenters. The minimum Gasteiger partial charge on any atom is -0.361 e. The number of amides is 3. The number of rotatable bonds is 11. The fourth-order valence-electron chi connectivity index (χ4n) is 4.86. The molecule has 2 heterocycles. The highest BCUT2D eigenvalue weighted by atomic mass is 16.2. The minimum atomic E-state index is -0.683. The number of hydrazine groups is 1. The molecule has 3 amide bonds. The Morgan fingerprint density at radius 3 is 2.56 bits per heavy atom. The zero-order valence-electron chi connectivity index (χ0n) is 20.8. The van der Waals surface area contributed by atoms with Gasteiger partial charge in [-0.3, -0.25) is 10.2 Å². The van der Waals surface area contributed by atoms with Gasteiger partial charge in [-0.05, 0) is 61.8 Å². The van der Waals surface area contributed by atoms with Crippen LogP contribution < -0.4 is 21.8 Å². The Morgan fingerprint density at radius 2 is 1.78 bits per heavy atom. The van der Waals surface area contributed by atoms with Crippen LogP contribution in [0.15, 0.2) is 60.8 Å². The monoisotopic (exact) mass is 490 g/mol. The molecule has 1 atom stereocenters. The van der Waals surface area contributed by atoms with Gasteiger partial charge in [0.25, 0.3) is 0 Å². The molecule has 1 fully saturated rings. The number of urea groups is 1. The van der Waals surface area contributed by atoms with E-state index in [0.717, 1.165) is 61.7 Å². The standard InChI is InChI=1S/C28H38N6O2/c29-14-6-7-15-30-27(35)26(19-23-20-31-25-11-5-4-10-24(23)25)32-28(36)33-34-16-12-22(13-17-34)18-21-8-2-1-3-9-21/h1-5,8-11,20,22,26,31H,6-7,12-19,29H2,(H,30,35)(H2,32,33,36)/t26-/m0/s1. The van der Waals surface area contributed by atoms with Crippen LogP contribution >= 0.6 is 0 Å². The number of aromatic amines is 1. The lowest BCUT2D eigenvalue weighted by molar-refractivity contribution is -0.122. The zero-order valence-corrected chi connectivity index (χ0v) is 20.8. The molecule has 2 aromatic carbocycles. The number of hydrogen-bond donors (Lipinski definition) is 5. The highest BCUT2D eigenvalue weighted by molar-refractivity contribution is 5.89. The van der Waals surface area contributed by atoms with E-state index < -0.39 is 6.04 Å². The normalized spacial score (nSPS) is 15.5. The van der Waals surface area contributed by atoms with Crippen molar-refractivity contribution >= 4 is 22.8 Å². The molecule has 0 spiro atoms. The number of unbranched alkanes of at least 4 members (excludes halogenated alkanes) is 1. The van der Waals surface area contributed by atoms with E-state index in [1.165, 1.54) is 5.56 Å². The van der Waals surface area contributed by atoms with Crippen LogP contribution in [0.2, 0.25) is 0 Å². The van der Waals surface area contributed by atoms with Crippen LogP contribution in [0.1, 0.15) is 36.8 Å². The minimum absolute atomic E-state index is 0.186. The van der Waals surface area contributed by atoms with Gasteiger partial charge in [0.15, 0.2) is 0 Å². The van der Waals surface area contributed by atoms with Crippen molar-refractivity contribution in [2.45, 2.75) is 44.6 Å². The Kier molecular flexibility index (Phi) is 9.35. The third-order valence-electron chi connectivity index (χ3n) is 6.89. The Hall–Kier alpha value is -3.36. The highest BCUT2D eigenvalue weighted by Gasteiger charge is 2.25. The lowest BCUT2D eigenvalue weighted by Gasteiger charge is -2.32. The Balaban J connectivity index is 1.31. The Labute approximate surface area is 213 Å². The van der Waals surface area contributed by atoms with E-state index in [0.29, 0.717) is 25.4 Å². The number of aromatic nitrogens is 1. The first-order valence-electron chi connectivity index (χ1n) is 13.0. The van der Waals surface area contributed by atoms with Crippen molar-refractivity contribution < 1.29 is 9.59 Å². The molecule has 1 aliphatic heterocycles. The van der Waals surface area contributed by atoms with E-state index in [1.54, 1.807) is 0 Å². The molecule has 6 N–H and O–H groups in total. The van der Waals surface area contributed by atoms with Gasteiger partial charge in [-0.15, -0.1) is 0 Å². The molecule has 1 aliphatic rings. The molecule has 3 aromatic rings. The average molecular weight is 491 g/mol. The van der Waals surface area contributed by atoms with Crippen LogP contribution in [0.25, 0.3) is 10.9 Å². The quantitative estimate of drug-likeness (QED) is 0.266. The van der Waals surface area contributed by atoms with Crippen molar-refractivity contribution in [3.05, 3.63) is 71.9 Å². The molecular formula is C28H38N6O2. The van der Waals surface area contributed by atoms with Crippen LogP contribution in [-0.4, -0.2) is 54.2 Å². The topological polar surface area (TPSA) is 115 Å². The molecular weight excluding hydrogens is 452 g/mol. The summed E-state index contributed by atoms with van der Waals surface area (Å²) in [6, 6.07) is 17.5. The predicted octanol–water partition coefficient (Wildman–Crippen LogP) is 3.10. The number of nitrogens with two attached hydrogens (primary N) is 1. The second-order valence-corrected chi connectivity index (χ2v) is 9.61. The number of carbonyl (C=O) groups excluding carboxylic acids is 2. The summed E-state index contributed by atoms with van der Waals surface area (Å²) in [6.45, 7) is 2.72. The molecule has 0 bridgehead atoms. The Bertz CT molecular complexity index is 1110. The summed E-state index contributed by atoms with van der Waals surface area (Å²) in [5, 5.41) is 8.89. The van der Waals surface area contributed by atoms with Gasteiger partial charge in [0.1, 0.15) is 6.04 Å². The number of nitrogens with one attached hydrogen (secondary N) is 4. The molecule has 4 rings (SSSR count). The summed E-state index contributed by atoms with van der Waals surface area (Å²) in [5.74, 6) is 0.427. The van der Waals surface area contributed by atoms with Crippen molar-refractivity contribution in [1.82, 2.24) is 26.1 Å². The first-order valence-corrected chi connectivity index (χ1v) is 13.0. The van der Waals surface area contributed by atoms with Crippen LogP contribution in [0.4, 0.5) is 4.79 Å². The summed E-state index contributed by atoms with van der Waals surface area (Å²) in [5.41, 5.74) is 11.9. The molecule has 8 heteroatoms. The van der Waals surface area contributed by atoms with Crippen LogP contribution in [0.5, 0.6) is 0 Å². The maximum absolute atomic E-state index is 13.0. The van der Waals surface area contributed by atoms with Crippen molar-refractivity contribution in [2.75, 3.05) is 26.2 Å². The van der Waals surface area contributed by atoms with Crippen molar-refractivity contribution in [2.24, 2.45) is 11.7 Å². The van der Waals surface area contributed by atoms with Gasteiger partial charge in [-0.1, -0.05) is 48.5 Å². The number of para-hydroxylation sites is 1. The smallest absolute Gasteiger partial charge is 0.329 e. The molecule has 8 nitrogen and oxygen atoms in total. The van der Waals surface area contributed by atoms with E-state index in [9.17, 15) is 9.59 Å². The van der Waals surface area contributed by atoms with E-state index in [1.807, 2.05) is 41.5 Å². The van der Waals surface area contributed by atoms with Gasteiger partial charge in [0.05, 0.1) is 0 Å². The second kappa shape index (κ2) is 13.1. The van der Waals surface area contributed by atoms with E-state index in [-0.39, 0.29) is 11.9 Å². The molecule has 0 saturated carbocycles. The van der Waals surface area contributed by atoms with E-state index in [4.69, 9.17) is 5.73 Å². The Morgan fingerprint density at radius 1 is 1.03 bits per heavy atom. The molecule has 1 aromatic heterocycles. The fourth-order valence-corrected chi connectivity index (χ4v) is 4.86. The summed E-state index contributed by atoms with van der Waals surface area (Å²) in [4.78, 5) is 29.2. The SMILES string of the molecule is NCCCCNC(=O)[C@H](Cc1c[nH]c2ccccc12)NC(=O)NN1CCC(Cc2ccccc2)CC1. The van der Waals surface area contributed by atoms with Gasteiger partial charge in [-0.2, -0.15) is 0 Å². The first-order chi connectivity index (χ1) is 17.6. The van der Waals surface area contributed by atoms with Gasteiger partial charge < -0.3 is 21.4 Å². The number of H-pyrrole nitrogens is 1. The number of piperidine rings is 1. The van der Waals surface area contributed by atoms with E-state index in [2.05, 4.69) is 45.3 Å². The number of benzene rings is 2. The van der Waals surface area contributed by atoms with E-state index >= 15 is 0 Å². The average Bonchev–Trinajstić information content (AvgIpc) is 3.31. The fraction of sp³-hybridized carbons (Fsp3) is 0.429. The van der Waals surface area contributed by atoms with Gasteiger partial charge in [0, 0.05) is 43.2 Å². The van der Waals surface area contributed by atoms with Crippen molar-refractivity contribution in [1.29, 1.82) is 0 Å². The second-order valence-electron chi connectivity index (χ2n) is 9.61. The molecule has 0 aliphatic carbocycles. The summed E-state index contributed by atoms with van der Waals surface area (Å²) in [7, 11) is 0. The first kappa shape index (κ1) is 25.7. The molecule has 1 saturated heterocycles. The van der Waals surface area contributed by atoms with Crippen LogP contribution in [-0.2, 0) is 17.6 Å². The lowest BCUT2D eigenvalue weighted by Crippen LogP contribution is -2.56. The molecule has 0 radical (unpaired) electrons. The summed E-state index contributed by atoms with van der Waals surface area (Å²) >= 11 is 0. The summed E-state index contributed by atoms with van der Waals surface area (Å²) in [6.07, 6.45) is 7.09. The number of fused-ring (bicyclic) bond motifs is 1. The largest absolute Gasteiger partial charge is 0.361 e. The van der Waals surface area contributed by atoms with Gasteiger partial charge >= 0.3 is 6.03 Å². The highest BCUT2D eigenvalue weighted by Crippen LogP contribution is 2.21.